The number of hydrogen-bond donors (Lipinski definition) is 2. The summed E-state index contributed by atoms with van der Waals surface area (Å²) in [6.45, 7) is 23.7. The summed E-state index contributed by atoms with van der Waals surface area (Å²) in [6.07, 6.45) is 22.9. The number of hydrogen-bond acceptors (Lipinski definition) is 10. The number of fused-ring (bicyclic) bond motifs is 5. The molecule has 8 bridgehead atoms. The molecule has 5 aliphatic heterocycles. The van der Waals surface area contributed by atoms with Gasteiger partial charge in [-0.25, -0.2) is 15.0 Å². The lowest BCUT2D eigenvalue weighted by Gasteiger charge is -2.19. The molecule has 2 N–H and O–H groups in total. The van der Waals surface area contributed by atoms with E-state index in [0.29, 0.717) is 81.0 Å². The monoisotopic (exact) mass is 885 g/mol. The fourth-order valence-corrected chi connectivity index (χ4v) is 10.1. The predicted octanol–water partition coefficient (Wildman–Crippen LogP) is 12.1. The van der Waals surface area contributed by atoms with Crippen molar-refractivity contribution in [2.45, 2.75) is 139 Å². The average molecular weight is 885 g/mol. The van der Waals surface area contributed by atoms with Crippen LogP contribution in [0.2, 0.25) is 0 Å². The zero-order valence-corrected chi connectivity index (χ0v) is 40.7. The molecule has 0 spiro atoms. The molecule has 5 unspecified atom stereocenters. The first kappa shape index (κ1) is 49.1. The molecule has 1 saturated carbocycles. The van der Waals surface area contributed by atoms with E-state index < -0.39 is 11.9 Å². The van der Waals surface area contributed by atoms with E-state index in [1.54, 1.807) is 6.08 Å². The van der Waals surface area contributed by atoms with E-state index in [2.05, 4.69) is 53.4 Å². The highest BCUT2D eigenvalue weighted by Gasteiger charge is 2.52. The first-order chi connectivity index (χ1) is 31.1. The second kappa shape index (κ2) is 21.7. The van der Waals surface area contributed by atoms with Gasteiger partial charge in [0.15, 0.2) is 5.78 Å². The molecule has 10 heteroatoms. The number of Topliss-reactive ketones (excluding diaryl/α,β-unsaturated/α-hetero) is 1. The number of allylic oxidation sites excluding steroid dienone is 12. The number of methoxy groups -OCH3 is 1. The van der Waals surface area contributed by atoms with Gasteiger partial charge < -0.3 is 19.9 Å². The maximum atomic E-state index is 14.4. The minimum Gasteiger partial charge on any atom is -0.515 e. The molecule has 5 heterocycles. The maximum Gasteiger partial charge on any atom is 0.321 e. The number of aliphatic hydroxyl groups is 1. The number of ether oxygens (including phenoxy) is 2. The Kier molecular flexibility index (Phi) is 16.4. The van der Waals surface area contributed by atoms with Gasteiger partial charge in [-0.1, -0.05) is 105 Å². The largest absolute Gasteiger partial charge is 0.515 e. The van der Waals surface area contributed by atoms with Crippen LogP contribution in [0.5, 0.6) is 0 Å². The molecular formula is C55H72N4O6. The van der Waals surface area contributed by atoms with Gasteiger partial charge in [0, 0.05) is 51.9 Å². The molecule has 2 fully saturated rings. The van der Waals surface area contributed by atoms with Crippen molar-refractivity contribution >= 4 is 34.9 Å². The van der Waals surface area contributed by atoms with Gasteiger partial charge in [-0.15, -0.1) is 0 Å². The van der Waals surface area contributed by atoms with Crippen molar-refractivity contribution < 1.29 is 29.0 Å². The molecule has 0 amide bonds. The number of carbonyl (C=O) groups excluding carboxylic acids is 3. The van der Waals surface area contributed by atoms with Gasteiger partial charge in [0.05, 0.1) is 47.6 Å². The van der Waals surface area contributed by atoms with Crippen molar-refractivity contribution in [3.05, 3.63) is 116 Å². The number of carbonyl (C=O) groups is 3. The number of nitrogens with zero attached hydrogens (tertiary/aromatic N) is 3. The Balaban J connectivity index is 1.21. The fourth-order valence-electron chi connectivity index (χ4n) is 10.1. The third-order valence-electron chi connectivity index (χ3n) is 14.2. The van der Waals surface area contributed by atoms with E-state index in [9.17, 15) is 19.5 Å². The highest BCUT2D eigenvalue weighted by molar-refractivity contribution is 6.42. The van der Waals surface area contributed by atoms with Crippen LogP contribution in [0, 0.1) is 35.5 Å². The van der Waals surface area contributed by atoms with E-state index in [1.807, 2.05) is 45.1 Å². The van der Waals surface area contributed by atoms with Crippen molar-refractivity contribution in [1.29, 1.82) is 0 Å². The van der Waals surface area contributed by atoms with Gasteiger partial charge >= 0.3 is 11.9 Å². The lowest BCUT2D eigenvalue weighted by Crippen LogP contribution is -2.26. The van der Waals surface area contributed by atoms with Crippen molar-refractivity contribution in [1.82, 2.24) is 5.32 Å². The molecule has 0 aromatic heterocycles. The lowest BCUT2D eigenvalue weighted by atomic mass is 9.85. The van der Waals surface area contributed by atoms with Gasteiger partial charge in [0.25, 0.3) is 0 Å². The summed E-state index contributed by atoms with van der Waals surface area (Å²) in [5, 5.41) is 14.1. The second-order valence-electron chi connectivity index (χ2n) is 19.4. The molecule has 10 nitrogen and oxygen atoms in total. The highest BCUT2D eigenvalue weighted by atomic mass is 16.5. The SMILES string of the molecule is C=CC1=C(C)C2=NC1=CC1=NC(=C(CC)/C1=C/O)C=C1N=C3C(=C1C)C(=O)C(C(=O)OC)C3=C1NC(=C2)C(C)C1CCC(=O)OCC=C(C)CCCC(C)CCCC(C)CCCC(C)C. The Labute approximate surface area is 387 Å². The second-order valence-corrected chi connectivity index (χ2v) is 19.4. The minimum atomic E-state index is -1.23. The van der Waals surface area contributed by atoms with Gasteiger partial charge in [-0.05, 0) is 105 Å². The minimum absolute atomic E-state index is 0.139. The molecule has 348 valence electrons. The number of rotatable bonds is 20. The number of aliphatic hydroxyl groups excluding tert-OH is 1. The first-order valence-corrected chi connectivity index (χ1v) is 24.1. The van der Waals surface area contributed by atoms with Crippen LogP contribution in [0.25, 0.3) is 0 Å². The Morgan fingerprint density at radius 3 is 2.25 bits per heavy atom. The number of esters is 2. The summed E-state index contributed by atoms with van der Waals surface area (Å²) < 4.78 is 11.0. The zero-order chi connectivity index (χ0) is 47.1. The van der Waals surface area contributed by atoms with E-state index in [-0.39, 0.29) is 36.6 Å². The standard InChI is InChI=1S/C55H72N4O6/c1-12-38-35(8)42-27-43-36(9)40(23-24-48(61)65-26-25-34(7)22-16-21-33(6)20-15-19-32(5)18-14-17-31(3)4)52(58-43)50-51(55(63)64-11)54(62)49-37(10)44(59-53(49)50)28-46-39(13-2)41(30-60)47(57-46)29-45(38)56-42/h12,25,27-33,36,40,51,58,60H,1,13-24,26H2,2-11H3/b34-25?,41-30-,43-27?,44-28?,45-29?,52-50?. The number of nitrogens with one attached hydrogen (secondary N) is 1. The molecule has 65 heavy (non-hydrogen) atoms. The Morgan fingerprint density at radius 2 is 1.60 bits per heavy atom. The summed E-state index contributed by atoms with van der Waals surface area (Å²) >= 11 is 0. The number of ketones is 1. The van der Waals surface area contributed by atoms with Crippen molar-refractivity contribution in [2.24, 2.45) is 50.5 Å². The smallest absolute Gasteiger partial charge is 0.321 e. The Hall–Kier alpha value is -5.38. The summed E-state index contributed by atoms with van der Waals surface area (Å²) in [6, 6.07) is 0. The van der Waals surface area contributed by atoms with E-state index >= 15 is 0 Å². The normalized spacial score (nSPS) is 23.2. The van der Waals surface area contributed by atoms with Crippen LogP contribution in [0.15, 0.2) is 131 Å². The number of aliphatic imine (C=N–C) groups is 3. The van der Waals surface area contributed by atoms with Crippen LogP contribution < -0.4 is 5.32 Å². The van der Waals surface area contributed by atoms with Crippen LogP contribution in [0.4, 0.5) is 0 Å². The maximum absolute atomic E-state index is 14.4. The zero-order valence-electron chi connectivity index (χ0n) is 40.7. The predicted molar refractivity (Wildman–Crippen MR) is 262 cm³/mol. The lowest BCUT2D eigenvalue weighted by molar-refractivity contribution is -0.146. The summed E-state index contributed by atoms with van der Waals surface area (Å²) in [5.41, 5.74) is 10.9. The van der Waals surface area contributed by atoms with Crippen LogP contribution in [0.1, 0.15) is 139 Å². The van der Waals surface area contributed by atoms with Gasteiger partial charge in [0.2, 0.25) is 0 Å². The topological polar surface area (TPSA) is 139 Å². The Morgan fingerprint density at radius 1 is 0.908 bits per heavy atom. The highest BCUT2D eigenvalue weighted by Crippen LogP contribution is 2.47. The fraction of sp³-hybridized carbons (Fsp3) is 0.527. The van der Waals surface area contributed by atoms with E-state index in [1.165, 1.54) is 57.6 Å². The van der Waals surface area contributed by atoms with Gasteiger partial charge in [0.1, 0.15) is 12.5 Å². The van der Waals surface area contributed by atoms with E-state index in [0.717, 1.165) is 53.4 Å². The molecule has 1 aliphatic carbocycles. The molecule has 1 saturated heterocycles. The van der Waals surface area contributed by atoms with Crippen molar-refractivity contribution in [3.63, 3.8) is 0 Å². The van der Waals surface area contributed by atoms with E-state index in [4.69, 9.17) is 24.5 Å². The van der Waals surface area contributed by atoms with Crippen LogP contribution in [0.3, 0.4) is 0 Å². The first-order valence-electron chi connectivity index (χ1n) is 24.1. The summed E-state index contributed by atoms with van der Waals surface area (Å²) in [4.78, 5) is 56.5. The third-order valence-corrected chi connectivity index (χ3v) is 14.2. The molecule has 6 aliphatic rings. The quantitative estimate of drug-likeness (QED) is 0.0537. The molecule has 6 rings (SSSR count). The van der Waals surface area contributed by atoms with Crippen LogP contribution >= 0.6 is 0 Å². The van der Waals surface area contributed by atoms with Crippen molar-refractivity contribution in [2.75, 3.05) is 13.7 Å². The summed E-state index contributed by atoms with van der Waals surface area (Å²) in [5.74, 6) is -0.732. The molecule has 0 radical (unpaired) electrons. The van der Waals surface area contributed by atoms with Gasteiger partial charge in [-0.2, -0.15) is 0 Å². The Bertz CT molecular complexity index is 2350. The molecule has 0 aromatic carbocycles. The van der Waals surface area contributed by atoms with Crippen LogP contribution in [-0.4, -0.2) is 53.7 Å². The third kappa shape index (κ3) is 10.8. The molecule has 0 aromatic rings. The summed E-state index contributed by atoms with van der Waals surface area (Å²) in [7, 11) is 1.29. The average Bonchev–Trinajstić information content (AvgIpc) is 4.02. The van der Waals surface area contributed by atoms with Crippen LogP contribution in [-0.2, 0) is 23.9 Å². The molecule has 5 atom stereocenters. The van der Waals surface area contributed by atoms with Gasteiger partial charge in [-0.3, -0.25) is 14.4 Å². The molecular weight excluding hydrogens is 813 g/mol. The van der Waals surface area contributed by atoms with Crippen molar-refractivity contribution in [3.8, 4) is 0 Å².